The maximum atomic E-state index is 6.52. The van der Waals surface area contributed by atoms with Crippen LogP contribution in [0.25, 0.3) is 150 Å². The van der Waals surface area contributed by atoms with Gasteiger partial charge in [-0.3, -0.25) is 14.0 Å². The summed E-state index contributed by atoms with van der Waals surface area (Å²) in [6.45, 7) is 9.11. The van der Waals surface area contributed by atoms with E-state index in [1.807, 2.05) is 97.3 Å². The van der Waals surface area contributed by atoms with Gasteiger partial charge >= 0.3 is 20.1 Å². The Labute approximate surface area is 562 Å². The second-order valence-corrected chi connectivity index (χ2v) is 24.7. The number of hydrogen-bond acceptors (Lipinski definition) is 6. The van der Waals surface area contributed by atoms with Crippen molar-refractivity contribution >= 4 is 82.8 Å². The fourth-order valence-corrected chi connectivity index (χ4v) is 13.8. The van der Waals surface area contributed by atoms with Crippen LogP contribution in [-0.4, -0.2) is 33.5 Å². The predicted octanol–water partition coefficient (Wildman–Crippen LogP) is 21.6. The summed E-state index contributed by atoms with van der Waals surface area (Å²) in [5.74, 6) is 2.20. The summed E-state index contributed by atoms with van der Waals surface area (Å²) in [5.41, 5.74) is 26.0. The van der Waals surface area contributed by atoms with Crippen molar-refractivity contribution in [3.05, 3.63) is 308 Å². The van der Waals surface area contributed by atoms with E-state index in [0.717, 1.165) is 151 Å². The number of imidazole rings is 3. The molecule has 18 rings (SSSR count). The molecule has 0 aliphatic heterocycles. The third-order valence-electron chi connectivity index (χ3n) is 18.2. The summed E-state index contributed by atoms with van der Waals surface area (Å²) in [5, 5.41) is 4.44. The maximum Gasteiger partial charge on any atom is 3.00 e. The molecule has 0 unspecified atom stereocenters. The second-order valence-electron chi connectivity index (χ2n) is 24.7. The van der Waals surface area contributed by atoms with Crippen molar-refractivity contribution in [3.63, 3.8) is 0 Å². The molecule has 0 amide bonds. The number of nitrogens with zero attached hydrogens (tertiary/aromatic N) is 7. The van der Waals surface area contributed by atoms with Gasteiger partial charge in [0.15, 0.2) is 0 Å². The molecule has 456 valence electrons. The number of fused-ring (bicyclic) bond motifs is 12. The average Bonchev–Trinajstić information content (AvgIpc) is 1.60. The van der Waals surface area contributed by atoms with Crippen molar-refractivity contribution in [3.8, 4) is 67.5 Å². The normalized spacial score (nSPS) is 11.7. The van der Waals surface area contributed by atoms with Gasteiger partial charge in [0.2, 0.25) is 5.78 Å². The molecule has 0 radical (unpaired) electrons. The van der Waals surface area contributed by atoms with Crippen molar-refractivity contribution in [1.29, 1.82) is 0 Å². The molecule has 0 aliphatic carbocycles. The number of pyridine rings is 2. The Morgan fingerprint density at radius 3 is 1.96 bits per heavy atom. The molecular weight excluding hydrogens is 1340 g/mol. The molecule has 0 N–H and O–H groups in total. The first-order valence-electron chi connectivity index (χ1n) is 32.0. The van der Waals surface area contributed by atoms with Gasteiger partial charge in [-0.05, 0) is 154 Å². The molecule has 11 aromatic carbocycles. The Morgan fingerprint density at radius 1 is 0.453 bits per heavy atom. The molecule has 0 saturated heterocycles. The van der Waals surface area contributed by atoms with Crippen molar-refractivity contribution in [2.45, 2.75) is 46.0 Å². The molecule has 0 atom stereocenters. The fraction of sp³-hybridized carbons (Fsp3) is 0.0824. The van der Waals surface area contributed by atoms with Crippen molar-refractivity contribution in [2.24, 2.45) is 0 Å². The van der Waals surface area contributed by atoms with Crippen LogP contribution in [0.5, 0.6) is 0 Å². The zero-order chi connectivity index (χ0) is 63.0. The molecule has 0 aliphatic rings. The smallest absolute Gasteiger partial charge is 0.501 e. The van der Waals surface area contributed by atoms with Crippen LogP contribution >= 0.6 is 0 Å². The first-order chi connectivity index (χ1) is 46.3. The van der Waals surface area contributed by atoms with E-state index in [1.54, 1.807) is 0 Å². The Morgan fingerprint density at radius 2 is 1.16 bits per heavy atom. The first-order valence-corrected chi connectivity index (χ1v) is 32.0. The van der Waals surface area contributed by atoms with E-state index in [4.69, 9.17) is 23.8 Å². The average molecular weight is 1400 g/mol. The first kappa shape index (κ1) is 58.8. The van der Waals surface area contributed by atoms with Crippen molar-refractivity contribution in [2.75, 3.05) is 0 Å². The number of furan rings is 2. The topological polar surface area (TPSA) is 92.1 Å². The fourth-order valence-electron chi connectivity index (χ4n) is 13.8. The quantitative estimate of drug-likeness (QED) is 0.120. The molecular formula is C85H60IrN7O2. The minimum absolute atomic E-state index is 0. The third-order valence-corrected chi connectivity index (χ3v) is 18.2. The summed E-state index contributed by atoms with van der Waals surface area (Å²) in [7, 11) is 0. The van der Waals surface area contributed by atoms with Gasteiger partial charge in [0.1, 0.15) is 16.7 Å². The van der Waals surface area contributed by atoms with Crippen molar-refractivity contribution in [1.82, 2.24) is 33.5 Å². The summed E-state index contributed by atoms with van der Waals surface area (Å²) >= 11 is 0. The molecule has 0 fully saturated rings. The number of hydrogen-bond donors (Lipinski definition) is 0. The predicted molar refractivity (Wildman–Crippen MR) is 382 cm³/mol. The molecule has 18 aromatic rings. The van der Waals surface area contributed by atoms with Crippen LogP contribution in [0.3, 0.4) is 0 Å². The van der Waals surface area contributed by atoms with Gasteiger partial charge in [-0.15, -0.1) is 83.9 Å². The van der Waals surface area contributed by atoms with Gasteiger partial charge < -0.3 is 23.4 Å². The minimum atomic E-state index is 0. The summed E-state index contributed by atoms with van der Waals surface area (Å²) in [4.78, 5) is 19.8. The van der Waals surface area contributed by atoms with Crippen LogP contribution in [0, 0.1) is 18.2 Å². The summed E-state index contributed by atoms with van der Waals surface area (Å²) in [6, 6.07) is 98.6. The van der Waals surface area contributed by atoms with Crippen LogP contribution in [0.15, 0.2) is 276 Å². The standard InChI is InChI=1S/C43H33N2O2.C42H27N5.Ir/c1-25(2)34-22-28(27-20-21-31-29-12-5-9-18-38(29)46-40(31)24-27)23-35(26(3)4)41(34)45-37-17-8-7-16-36(37)44-43(45)33-15-11-14-32-30-13-6-10-19-39(30)47-42(32)33;1-3-12-30(13-4-1)40-33(16-11-25-44-40)26-29-22-23-37-39(27-29)47-41-35(31-14-9-15-32(28-31)36-20-7-8-24-43-36)19-10-21-38(41)46(42(47)45-37)34-17-5-2-6-18-34;/h5-14,16-26H,1-4H3;1-12,14,16-25,27-28H,26H2;/q-1;-2;+3. The Hall–Kier alpha value is -11.3. The maximum absolute atomic E-state index is 6.52. The Kier molecular flexibility index (Phi) is 15.0. The number of para-hydroxylation sites is 6. The van der Waals surface area contributed by atoms with Gasteiger partial charge in [-0.1, -0.05) is 159 Å². The Bertz CT molecular complexity index is 5890. The molecule has 10 heteroatoms. The molecule has 95 heavy (non-hydrogen) atoms. The van der Waals surface area contributed by atoms with Crippen LogP contribution in [0.1, 0.15) is 61.8 Å². The third kappa shape index (κ3) is 10.3. The molecule has 0 bridgehead atoms. The van der Waals surface area contributed by atoms with E-state index < -0.39 is 0 Å². The molecule has 7 aromatic heterocycles. The van der Waals surface area contributed by atoms with E-state index >= 15 is 0 Å². The molecule has 0 saturated carbocycles. The van der Waals surface area contributed by atoms with Crippen molar-refractivity contribution < 1.29 is 28.9 Å². The van der Waals surface area contributed by atoms with E-state index in [-0.39, 0.29) is 31.9 Å². The summed E-state index contributed by atoms with van der Waals surface area (Å²) in [6.07, 6.45) is 4.41. The zero-order valence-electron chi connectivity index (χ0n) is 52.5. The van der Waals surface area contributed by atoms with Crippen LogP contribution in [0.4, 0.5) is 0 Å². The molecule has 7 heterocycles. The van der Waals surface area contributed by atoms with E-state index in [0.29, 0.717) is 0 Å². The summed E-state index contributed by atoms with van der Waals surface area (Å²) < 4.78 is 19.8. The minimum Gasteiger partial charge on any atom is -0.501 e. The van der Waals surface area contributed by atoms with Crippen LogP contribution in [-0.2, 0) is 26.5 Å². The number of rotatable bonds is 11. The van der Waals surface area contributed by atoms with Gasteiger partial charge in [-0.25, -0.2) is 4.98 Å². The van der Waals surface area contributed by atoms with E-state index in [1.165, 1.54) is 27.9 Å². The van der Waals surface area contributed by atoms with Gasteiger partial charge in [0.05, 0.1) is 44.5 Å². The van der Waals surface area contributed by atoms with E-state index in [9.17, 15) is 0 Å². The second kappa shape index (κ2) is 24.3. The van der Waals surface area contributed by atoms with Gasteiger partial charge in [0, 0.05) is 39.9 Å². The monoisotopic (exact) mass is 1400 g/mol. The van der Waals surface area contributed by atoms with Gasteiger partial charge in [0.25, 0.3) is 0 Å². The van der Waals surface area contributed by atoms with E-state index in [2.05, 4.69) is 234 Å². The molecule has 0 spiro atoms. The SMILES string of the molecule is CC(C)c1cc(-c2ccc3c(c2)oc2ccccc23)cc(C(C)C)c1-n1c(-c2[c-]ccc3c2oc2ccccc23)nc2ccccc21.[Ir+3].[c-]1ccc(-c2cccc3c2n2c4cc(Cc5cccnc5-c5[c-]cccc5)ccc4nc2n3-c2ccccc2)cc1-c1ccccn1. The Balaban J connectivity index is 0.000000148. The van der Waals surface area contributed by atoms with Crippen LogP contribution in [0.2, 0.25) is 0 Å². The molecule has 9 nitrogen and oxygen atoms in total. The zero-order valence-corrected chi connectivity index (χ0v) is 54.9. The largest absolute Gasteiger partial charge is 3.00 e. The van der Waals surface area contributed by atoms with Gasteiger partial charge in [-0.2, -0.15) is 0 Å². The van der Waals surface area contributed by atoms with Crippen LogP contribution < -0.4 is 0 Å². The number of benzene rings is 11. The number of aromatic nitrogens is 7.